The first kappa shape index (κ1) is 25.2. The van der Waals surface area contributed by atoms with Gasteiger partial charge in [-0.05, 0) is 36.5 Å². The Morgan fingerprint density at radius 2 is 1.81 bits per heavy atom. The first-order chi connectivity index (χ1) is 11.6. The van der Waals surface area contributed by atoms with Gasteiger partial charge in [0.15, 0.2) is 0 Å². The molecule has 1 fully saturated rings. The van der Waals surface area contributed by atoms with Crippen molar-refractivity contribution in [1.29, 1.82) is 0 Å². The molecule has 0 N–H and O–H groups in total. The zero-order valence-electron chi connectivity index (χ0n) is 17.0. The molecule has 0 amide bonds. The van der Waals surface area contributed by atoms with Crippen molar-refractivity contribution < 1.29 is 46.5 Å². The van der Waals surface area contributed by atoms with Gasteiger partial charge in [0.2, 0.25) is 0 Å². The van der Waals surface area contributed by atoms with Gasteiger partial charge in [-0.3, -0.25) is 0 Å². The predicted molar refractivity (Wildman–Crippen MR) is 104 cm³/mol. The number of hydrogen-bond acceptors (Lipinski definition) is 0. The second-order valence-corrected chi connectivity index (χ2v) is 8.94. The average molecular weight is 440 g/mol. The van der Waals surface area contributed by atoms with E-state index in [4.69, 9.17) is 0 Å². The van der Waals surface area contributed by atoms with Crippen molar-refractivity contribution >= 4 is 5.57 Å². The van der Waals surface area contributed by atoms with Crippen molar-refractivity contribution in [3.05, 3.63) is 46.5 Å². The van der Waals surface area contributed by atoms with Gasteiger partial charge in [0.1, 0.15) is 0 Å². The molecule has 0 bridgehead atoms. The second kappa shape index (κ2) is 10.8. The minimum absolute atomic E-state index is 0. The zero-order valence-corrected chi connectivity index (χ0v) is 20.1. The van der Waals surface area contributed by atoms with Crippen LogP contribution in [0.1, 0.15) is 87.5 Å². The summed E-state index contributed by atoms with van der Waals surface area (Å²) in [6.07, 6.45) is 17.8. The summed E-state index contributed by atoms with van der Waals surface area (Å²) >= 11 is 0. The molecule has 1 aromatic carbocycles. The molecule has 0 heterocycles. The molecule has 0 saturated heterocycles. The van der Waals surface area contributed by atoms with Crippen LogP contribution in [0.3, 0.4) is 0 Å². The molecule has 3 heteroatoms. The minimum atomic E-state index is 0. The molecule has 27 heavy (non-hydrogen) atoms. The molecule has 0 aromatic heterocycles. The van der Waals surface area contributed by atoms with Crippen LogP contribution in [0, 0.1) is 17.8 Å². The molecule has 3 aliphatic carbocycles. The summed E-state index contributed by atoms with van der Waals surface area (Å²) in [5, 5.41) is 0. The Bertz CT molecular complexity index is 668. The van der Waals surface area contributed by atoms with E-state index in [1.807, 2.05) is 0 Å². The number of aryl methyl sites for hydroxylation is 1. The first-order valence-electron chi connectivity index (χ1n) is 10.3. The van der Waals surface area contributed by atoms with E-state index in [-0.39, 0.29) is 46.5 Å². The van der Waals surface area contributed by atoms with Crippen LogP contribution in [0.5, 0.6) is 0 Å². The number of fused-ring (bicyclic) bond motifs is 1. The Morgan fingerprint density at radius 3 is 2.48 bits per heavy atom. The Balaban J connectivity index is 0.00000121. The maximum atomic E-state index is 2.60. The van der Waals surface area contributed by atoms with Crippen molar-refractivity contribution in [1.82, 2.24) is 0 Å². The SMILES string of the molecule is CC(C)[C@@H]1CC[C@@H](C)C[C@@H]1[c-]1c(C2=CC=CC2)cc2c1CCCC2.[Cl-].[Cl-].[Ti+3]. The van der Waals surface area contributed by atoms with Crippen LogP contribution in [0.2, 0.25) is 0 Å². The fraction of sp³-hybridized carbons (Fsp3) is 0.625. The van der Waals surface area contributed by atoms with E-state index < -0.39 is 0 Å². The van der Waals surface area contributed by atoms with Gasteiger partial charge in [0.25, 0.3) is 0 Å². The molecule has 1 saturated carbocycles. The summed E-state index contributed by atoms with van der Waals surface area (Å²) in [6, 6.07) is 2.60. The topological polar surface area (TPSA) is 0 Å². The molecule has 3 atom stereocenters. The van der Waals surface area contributed by atoms with Crippen LogP contribution in [0.15, 0.2) is 24.3 Å². The number of hydrogen-bond donors (Lipinski definition) is 0. The van der Waals surface area contributed by atoms with Crippen LogP contribution in [-0.2, 0) is 34.6 Å². The smallest absolute Gasteiger partial charge is 1.00 e. The van der Waals surface area contributed by atoms with E-state index in [2.05, 4.69) is 45.1 Å². The fourth-order valence-corrected chi connectivity index (χ4v) is 5.68. The van der Waals surface area contributed by atoms with Gasteiger partial charge in [-0.15, -0.1) is 28.3 Å². The van der Waals surface area contributed by atoms with Crippen LogP contribution in [-0.4, -0.2) is 0 Å². The predicted octanol–water partition coefficient (Wildman–Crippen LogP) is 0.809. The Kier molecular flexibility index (Phi) is 10.0. The molecule has 0 unspecified atom stereocenters. The monoisotopic (exact) mass is 439 g/mol. The number of allylic oxidation sites excluding steroid dienone is 4. The zero-order chi connectivity index (χ0) is 16.7. The fourth-order valence-electron chi connectivity index (χ4n) is 5.68. The Labute approximate surface area is 193 Å². The van der Waals surface area contributed by atoms with Gasteiger partial charge in [0.05, 0.1) is 0 Å². The van der Waals surface area contributed by atoms with E-state index in [1.54, 1.807) is 27.8 Å². The average Bonchev–Trinajstić information content (AvgIpc) is 3.21. The molecule has 1 radical (unpaired) electrons. The summed E-state index contributed by atoms with van der Waals surface area (Å²) in [6.45, 7) is 7.40. The van der Waals surface area contributed by atoms with Gasteiger partial charge in [0, 0.05) is 0 Å². The van der Waals surface area contributed by atoms with E-state index in [0.717, 1.165) is 30.1 Å². The summed E-state index contributed by atoms with van der Waals surface area (Å²) in [5.41, 5.74) is 8.48. The Morgan fingerprint density at radius 1 is 1.07 bits per heavy atom. The van der Waals surface area contributed by atoms with E-state index in [1.165, 1.54) is 44.9 Å². The maximum Gasteiger partial charge on any atom is 3.00 e. The van der Waals surface area contributed by atoms with Crippen LogP contribution >= 0.6 is 0 Å². The molecule has 0 spiro atoms. The van der Waals surface area contributed by atoms with Gasteiger partial charge in [-0.25, -0.2) is 0 Å². The Hall–Kier alpha value is 0.124. The minimum Gasteiger partial charge on any atom is -1.00 e. The van der Waals surface area contributed by atoms with E-state index >= 15 is 0 Å². The molecule has 3 aliphatic rings. The molecule has 1 aromatic rings. The third kappa shape index (κ3) is 5.00. The summed E-state index contributed by atoms with van der Waals surface area (Å²) < 4.78 is 0. The third-order valence-electron chi connectivity index (χ3n) is 6.95. The summed E-state index contributed by atoms with van der Waals surface area (Å²) in [7, 11) is 0. The molecular weight excluding hydrogens is 407 g/mol. The van der Waals surface area contributed by atoms with Gasteiger partial charge in [-0.2, -0.15) is 11.6 Å². The van der Waals surface area contributed by atoms with Crippen molar-refractivity contribution in [2.45, 2.75) is 78.1 Å². The molecule has 4 rings (SSSR count). The van der Waals surface area contributed by atoms with Crippen molar-refractivity contribution in [3.63, 3.8) is 0 Å². The third-order valence-corrected chi connectivity index (χ3v) is 6.95. The van der Waals surface area contributed by atoms with Gasteiger partial charge >= 0.3 is 21.7 Å². The van der Waals surface area contributed by atoms with Crippen molar-refractivity contribution in [2.24, 2.45) is 17.8 Å². The van der Waals surface area contributed by atoms with Crippen molar-refractivity contribution in [3.8, 4) is 0 Å². The maximum absolute atomic E-state index is 2.60. The second-order valence-electron chi connectivity index (χ2n) is 8.94. The van der Waals surface area contributed by atoms with Crippen LogP contribution < -0.4 is 24.8 Å². The molecular formula is C24H33Cl2Ti. The molecule has 147 valence electrons. The van der Waals surface area contributed by atoms with Crippen LogP contribution in [0.4, 0.5) is 0 Å². The van der Waals surface area contributed by atoms with Gasteiger partial charge < -0.3 is 24.8 Å². The van der Waals surface area contributed by atoms with Crippen LogP contribution in [0.25, 0.3) is 5.57 Å². The summed E-state index contributed by atoms with van der Waals surface area (Å²) in [5.74, 6) is 3.37. The normalized spacial score (nSPS) is 26.5. The van der Waals surface area contributed by atoms with E-state index in [0.29, 0.717) is 0 Å². The molecule has 0 nitrogen and oxygen atoms in total. The number of rotatable bonds is 3. The molecule has 0 aliphatic heterocycles. The number of halogens is 2. The standard InChI is InChI=1S/C24H33.2ClH.Ti/c1-16(2)20-13-12-17(3)14-23(20)24-21-11-7-6-10-19(21)15-22(24)18-8-4-5-9-18;;;/h4-5,8,15-17,20,23H,6-7,9-14H2,1-3H3;2*1H;/q-1;;;+3/p-2/t17-,20+,23+;;;/m1.../s1. The summed E-state index contributed by atoms with van der Waals surface area (Å²) in [4.78, 5) is 0. The van der Waals surface area contributed by atoms with Crippen molar-refractivity contribution in [2.75, 3.05) is 0 Å². The van der Waals surface area contributed by atoms with E-state index in [9.17, 15) is 0 Å². The first-order valence-corrected chi connectivity index (χ1v) is 10.3. The van der Waals surface area contributed by atoms with Gasteiger partial charge in [-0.1, -0.05) is 71.4 Å². The largest absolute Gasteiger partial charge is 3.00 e. The quantitative estimate of drug-likeness (QED) is 0.482.